The molecule has 0 aliphatic heterocycles. The molecular formula is C32H40ClN3O7S. The molecule has 0 aliphatic rings. The number of carbonyl (C=O) groups is 2. The molecule has 0 aromatic heterocycles. The van der Waals surface area contributed by atoms with Gasteiger partial charge in [0.25, 0.3) is 10.0 Å². The van der Waals surface area contributed by atoms with Gasteiger partial charge in [-0.25, -0.2) is 8.42 Å². The average Bonchev–Trinajstić information content (AvgIpc) is 2.99. The number of hydrogen-bond donors (Lipinski definition) is 1. The van der Waals surface area contributed by atoms with Crippen LogP contribution < -0.4 is 23.8 Å². The third-order valence-corrected chi connectivity index (χ3v) is 9.04. The Hall–Kier alpha value is -3.96. The van der Waals surface area contributed by atoms with Gasteiger partial charge in [0.05, 0.1) is 31.9 Å². The van der Waals surface area contributed by atoms with Crippen LogP contribution in [0.25, 0.3) is 0 Å². The maximum Gasteiger partial charge on any atom is 0.265 e. The molecular weight excluding hydrogens is 606 g/mol. The Balaban J connectivity index is 2.19. The molecule has 10 nitrogen and oxygen atoms in total. The number of sulfonamides is 1. The van der Waals surface area contributed by atoms with E-state index in [4.69, 9.17) is 25.8 Å². The minimum absolute atomic E-state index is 0.0543. The number of methoxy groups -OCH3 is 3. The molecule has 12 heteroatoms. The molecule has 0 aliphatic carbocycles. The highest BCUT2D eigenvalue weighted by Crippen LogP contribution is 2.37. The first-order chi connectivity index (χ1) is 20.9. The van der Waals surface area contributed by atoms with Crippen molar-refractivity contribution in [1.82, 2.24) is 10.2 Å². The van der Waals surface area contributed by atoms with Crippen molar-refractivity contribution in [2.24, 2.45) is 0 Å². The lowest BCUT2D eigenvalue weighted by atomic mass is 10.1. The highest BCUT2D eigenvalue weighted by molar-refractivity contribution is 7.92. The van der Waals surface area contributed by atoms with Gasteiger partial charge in [0.2, 0.25) is 11.8 Å². The summed E-state index contributed by atoms with van der Waals surface area (Å²) in [4.78, 5) is 29.0. The maximum atomic E-state index is 14.4. The summed E-state index contributed by atoms with van der Waals surface area (Å²) in [6.07, 6.45) is 0.305. The molecule has 0 fully saturated rings. The second-order valence-electron chi connectivity index (χ2n) is 10.4. The Bertz CT molecular complexity index is 1580. The molecule has 1 N–H and O–H groups in total. The second-order valence-corrected chi connectivity index (χ2v) is 12.7. The zero-order valence-electron chi connectivity index (χ0n) is 26.1. The highest BCUT2D eigenvalue weighted by atomic mass is 35.5. The monoisotopic (exact) mass is 645 g/mol. The van der Waals surface area contributed by atoms with Gasteiger partial charge in [0, 0.05) is 23.7 Å². The Morgan fingerprint density at radius 2 is 1.55 bits per heavy atom. The van der Waals surface area contributed by atoms with Crippen LogP contribution >= 0.6 is 11.6 Å². The molecule has 0 radical (unpaired) electrons. The van der Waals surface area contributed by atoms with Crippen LogP contribution in [-0.4, -0.2) is 65.1 Å². The number of nitrogens with zero attached hydrogens (tertiary/aromatic N) is 2. The Kier molecular flexibility index (Phi) is 11.9. The van der Waals surface area contributed by atoms with Crippen LogP contribution in [0.15, 0.2) is 65.6 Å². The Morgan fingerprint density at radius 1 is 0.909 bits per heavy atom. The summed E-state index contributed by atoms with van der Waals surface area (Å²) in [7, 11) is -0.203. The first kappa shape index (κ1) is 34.5. The molecule has 0 spiro atoms. The lowest BCUT2D eigenvalue weighted by molar-refractivity contribution is -0.140. The molecule has 0 unspecified atom stereocenters. The smallest absolute Gasteiger partial charge is 0.265 e. The van der Waals surface area contributed by atoms with Gasteiger partial charge in [0.1, 0.15) is 18.3 Å². The third kappa shape index (κ3) is 7.95. The van der Waals surface area contributed by atoms with Crippen LogP contribution in [-0.2, 0) is 26.2 Å². The predicted octanol–water partition coefficient (Wildman–Crippen LogP) is 5.20. The van der Waals surface area contributed by atoms with E-state index in [0.717, 1.165) is 15.4 Å². The normalized spacial score (nSPS) is 11.9. The van der Waals surface area contributed by atoms with E-state index in [0.29, 0.717) is 12.2 Å². The first-order valence-electron chi connectivity index (χ1n) is 14.1. The third-order valence-electron chi connectivity index (χ3n) is 7.05. The van der Waals surface area contributed by atoms with Crippen LogP contribution in [0.2, 0.25) is 5.02 Å². The number of ether oxygens (including phenoxy) is 3. The van der Waals surface area contributed by atoms with E-state index in [-0.39, 0.29) is 45.6 Å². The topological polar surface area (TPSA) is 114 Å². The molecule has 0 saturated carbocycles. The van der Waals surface area contributed by atoms with Crippen molar-refractivity contribution in [2.75, 3.05) is 32.2 Å². The van der Waals surface area contributed by atoms with Crippen molar-refractivity contribution in [3.63, 3.8) is 0 Å². The molecule has 3 rings (SSSR count). The van der Waals surface area contributed by atoms with Gasteiger partial charge in [-0.2, -0.15) is 0 Å². The van der Waals surface area contributed by atoms with Crippen molar-refractivity contribution in [3.8, 4) is 17.2 Å². The molecule has 2 amide bonds. The molecule has 44 heavy (non-hydrogen) atoms. The number of aryl methyl sites for hydroxylation is 1. The molecule has 238 valence electrons. The van der Waals surface area contributed by atoms with Crippen molar-refractivity contribution >= 4 is 39.1 Å². The number of amides is 2. The Morgan fingerprint density at radius 3 is 2.14 bits per heavy atom. The fourth-order valence-electron chi connectivity index (χ4n) is 4.75. The zero-order chi connectivity index (χ0) is 32.6. The lowest BCUT2D eigenvalue weighted by Crippen LogP contribution is -2.53. The summed E-state index contributed by atoms with van der Waals surface area (Å²) in [5.41, 5.74) is 1.81. The summed E-state index contributed by atoms with van der Waals surface area (Å²) in [6, 6.07) is 15.1. The van der Waals surface area contributed by atoms with Crippen LogP contribution in [0.3, 0.4) is 0 Å². The van der Waals surface area contributed by atoms with Crippen LogP contribution in [0.1, 0.15) is 38.3 Å². The van der Waals surface area contributed by atoms with E-state index in [1.807, 2.05) is 45.0 Å². The van der Waals surface area contributed by atoms with Gasteiger partial charge in [-0.1, -0.05) is 42.8 Å². The van der Waals surface area contributed by atoms with E-state index in [2.05, 4.69) is 5.32 Å². The quantitative estimate of drug-likeness (QED) is 0.256. The molecule has 1 atom stereocenters. The summed E-state index contributed by atoms with van der Waals surface area (Å²) in [6.45, 7) is 6.83. The summed E-state index contributed by atoms with van der Waals surface area (Å²) in [5, 5.41) is 3.13. The van der Waals surface area contributed by atoms with Gasteiger partial charge in [0.15, 0.2) is 11.5 Å². The van der Waals surface area contributed by atoms with Crippen LogP contribution in [0.4, 0.5) is 5.69 Å². The summed E-state index contributed by atoms with van der Waals surface area (Å²) in [5.74, 6) is -0.221. The van der Waals surface area contributed by atoms with Crippen molar-refractivity contribution in [3.05, 3.63) is 76.8 Å². The largest absolute Gasteiger partial charge is 0.495 e. The second kappa shape index (κ2) is 15.2. The fourth-order valence-corrected chi connectivity index (χ4v) is 6.35. The summed E-state index contributed by atoms with van der Waals surface area (Å²) >= 11 is 6.33. The van der Waals surface area contributed by atoms with Gasteiger partial charge in [-0.15, -0.1) is 0 Å². The van der Waals surface area contributed by atoms with E-state index in [1.54, 1.807) is 13.0 Å². The molecule has 3 aromatic carbocycles. The number of benzene rings is 3. The Labute approximate surface area is 264 Å². The highest BCUT2D eigenvalue weighted by Gasteiger charge is 2.35. The average molecular weight is 646 g/mol. The number of carbonyl (C=O) groups excluding carboxylic acids is 2. The van der Waals surface area contributed by atoms with Crippen molar-refractivity contribution in [1.29, 1.82) is 0 Å². The van der Waals surface area contributed by atoms with Crippen LogP contribution in [0, 0.1) is 6.92 Å². The molecule has 0 bridgehead atoms. The maximum absolute atomic E-state index is 14.4. The van der Waals surface area contributed by atoms with Crippen LogP contribution in [0.5, 0.6) is 17.2 Å². The standard InChI is InChI=1S/C32H40ClN3O7S/c1-8-26(32(38)34-21(2)3)35(19-23-12-10-9-11-22(23)4)31(37)20-36(27-17-24(33)13-15-28(27)41-5)44(39,40)25-14-16-29(42-6)30(18-25)43-7/h9-18,21,26H,8,19-20H2,1-7H3,(H,34,38)/t26-/m1/s1. The fraction of sp³-hybridized carbons (Fsp3) is 0.375. The van der Waals surface area contributed by atoms with E-state index in [1.165, 1.54) is 56.6 Å². The van der Waals surface area contributed by atoms with Gasteiger partial charge >= 0.3 is 0 Å². The molecule has 0 heterocycles. The first-order valence-corrected chi connectivity index (χ1v) is 15.9. The minimum atomic E-state index is -4.43. The number of hydrogen-bond acceptors (Lipinski definition) is 7. The van der Waals surface area contributed by atoms with Gasteiger partial charge in [-0.3, -0.25) is 13.9 Å². The van der Waals surface area contributed by atoms with Gasteiger partial charge < -0.3 is 24.4 Å². The molecule has 0 saturated heterocycles. The van der Waals surface area contributed by atoms with Crippen molar-refractivity contribution in [2.45, 2.75) is 57.6 Å². The predicted molar refractivity (Wildman–Crippen MR) is 171 cm³/mol. The van der Waals surface area contributed by atoms with Crippen molar-refractivity contribution < 1.29 is 32.2 Å². The van der Waals surface area contributed by atoms with E-state index in [9.17, 15) is 18.0 Å². The number of nitrogens with one attached hydrogen (secondary N) is 1. The number of rotatable bonds is 14. The van der Waals surface area contributed by atoms with E-state index < -0.39 is 28.5 Å². The number of anilines is 1. The van der Waals surface area contributed by atoms with E-state index >= 15 is 0 Å². The lowest BCUT2D eigenvalue weighted by Gasteiger charge is -2.34. The summed E-state index contributed by atoms with van der Waals surface area (Å²) < 4.78 is 45.8. The number of halogens is 1. The zero-order valence-corrected chi connectivity index (χ0v) is 27.7. The SMILES string of the molecule is CC[C@H](C(=O)NC(C)C)N(Cc1ccccc1C)C(=O)CN(c1cc(Cl)ccc1OC)S(=O)(=O)c1ccc(OC)c(OC)c1. The molecule has 3 aromatic rings. The minimum Gasteiger partial charge on any atom is -0.495 e. The van der Waals surface area contributed by atoms with Gasteiger partial charge in [-0.05, 0) is 68.7 Å².